The molecule has 8 rings (SSSR count). The van der Waals surface area contributed by atoms with E-state index in [0.717, 1.165) is 53.1 Å². The van der Waals surface area contributed by atoms with Crippen molar-refractivity contribution in [3.63, 3.8) is 0 Å². The summed E-state index contributed by atoms with van der Waals surface area (Å²) in [6, 6.07) is 9.60. The number of hydrogen-bond donors (Lipinski definition) is 12. The SMILES string of the molecule is CC(C)C[C@H](N)C(=O)N[C@H](Cc1ccc2ccccc2c1)C(=O)N[C@@H](CCCN=C(N)N)C(=O)N1CCC[C@H]1C(=O)N1C[C@H](O)C[C@H]1C(=O)NCC(=O)NC(C(=O)N[C@@H](CO)C(=O)N1Cc2ccccc2C[C@@H]1C(=O)NC(C(=O)O)C1CCCC1)C1CCCC1. The fourth-order valence-electron chi connectivity index (χ4n) is 13.5. The lowest BCUT2D eigenvalue weighted by Crippen LogP contribution is -2.62. The van der Waals surface area contributed by atoms with Crippen LogP contribution in [0.15, 0.2) is 71.7 Å². The molecule has 2 saturated carbocycles. The fraction of sp³-hybridized carbons (Fsp3) is 0.578. The van der Waals surface area contributed by atoms with Crippen molar-refractivity contribution in [1.29, 1.82) is 0 Å². The molecule has 90 heavy (non-hydrogen) atoms. The van der Waals surface area contributed by atoms with Gasteiger partial charge >= 0.3 is 5.97 Å². The molecule has 10 atom stereocenters. The van der Waals surface area contributed by atoms with Gasteiger partial charge in [0, 0.05) is 45.4 Å². The number of aliphatic carboxylic acids is 1. The van der Waals surface area contributed by atoms with Crippen LogP contribution in [-0.4, -0.2) is 188 Å². The fourth-order valence-corrected chi connectivity index (χ4v) is 13.5. The topological polar surface area (TPSA) is 404 Å². The maximum atomic E-state index is 14.8. The molecule has 0 spiro atoms. The van der Waals surface area contributed by atoms with Crippen LogP contribution >= 0.6 is 0 Å². The summed E-state index contributed by atoms with van der Waals surface area (Å²) < 4.78 is 0. The summed E-state index contributed by atoms with van der Waals surface area (Å²) in [6.45, 7) is 2.15. The third-order valence-corrected chi connectivity index (χ3v) is 18.2. The number of rotatable bonds is 27. The predicted octanol–water partition coefficient (Wildman–Crippen LogP) is -0.287. The van der Waals surface area contributed by atoms with Gasteiger partial charge < -0.3 is 79.1 Å². The van der Waals surface area contributed by atoms with Gasteiger partial charge in [-0.05, 0) is 103 Å². The number of nitrogens with one attached hydrogen (secondary N) is 6. The number of aliphatic hydroxyl groups excluding tert-OH is 2. The average molecular weight is 1250 g/mol. The first-order valence-corrected chi connectivity index (χ1v) is 31.7. The Morgan fingerprint density at radius 2 is 1.29 bits per heavy atom. The van der Waals surface area contributed by atoms with E-state index in [1.54, 1.807) is 18.2 Å². The second-order valence-corrected chi connectivity index (χ2v) is 25.2. The molecular weight excluding hydrogens is 1160 g/mol. The van der Waals surface area contributed by atoms with Gasteiger partial charge in [-0.25, -0.2) is 4.79 Å². The number of carboxylic acids is 1. The molecule has 3 aromatic carbocycles. The highest BCUT2D eigenvalue weighted by atomic mass is 16.4. The van der Waals surface area contributed by atoms with Gasteiger partial charge in [0.25, 0.3) is 0 Å². The highest BCUT2D eigenvalue weighted by molar-refractivity contribution is 5.99. The number of carbonyl (C=O) groups is 10. The van der Waals surface area contributed by atoms with Crippen LogP contribution in [0.4, 0.5) is 0 Å². The number of hydrogen-bond acceptors (Lipinski definition) is 14. The molecule has 4 fully saturated rings. The van der Waals surface area contributed by atoms with Crippen LogP contribution in [0.1, 0.15) is 120 Å². The number of aliphatic hydroxyl groups is 2. The van der Waals surface area contributed by atoms with Crippen molar-refractivity contribution < 1.29 is 63.3 Å². The summed E-state index contributed by atoms with van der Waals surface area (Å²) in [5.74, 6) is -8.32. The summed E-state index contributed by atoms with van der Waals surface area (Å²) in [5.41, 5.74) is 19.7. The van der Waals surface area contributed by atoms with Gasteiger partial charge in [0.2, 0.25) is 53.2 Å². The van der Waals surface area contributed by atoms with Gasteiger partial charge in [0.1, 0.15) is 48.3 Å². The number of likely N-dealkylation sites (tertiary alicyclic amines) is 2. The molecule has 9 amide bonds. The highest BCUT2D eigenvalue weighted by Gasteiger charge is 2.47. The molecule has 26 nitrogen and oxygen atoms in total. The quantitative estimate of drug-likeness (QED) is 0.0265. The van der Waals surface area contributed by atoms with Crippen LogP contribution in [0.2, 0.25) is 0 Å². The normalized spacial score (nSPS) is 21.3. The van der Waals surface area contributed by atoms with Crippen molar-refractivity contribution in [2.45, 2.75) is 184 Å². The summed E-state index contributed by atoms with van der Waals surface area (Å²) in [7, 11) is 0. The molecule has 0 bridgehead atoms. The van der Waals surface area contributed by atoms with Crippen molar-refractivity contribution in [3.05, 3.63) is 83.4 Å². The minimum absolute atomic E-state index is 0.0218. The standard InChI is InChI=1S/C64H89N13O13/c1-36(2)27-45(65)55(81)71-47(29-37-23-24-38-13-3-8-18-41(38)28-37)56(82)70-46(21-11-25-68-64(66)67)60(86)75-26-12-22-49(75)62(88)77-34-44(79)31-51(77)57(83)69-32-52(80)73-53(39-14-4-5-15-39)59(85)72-48(35-78)61(87)76-33-43-20-10-9-19-42(43)30-50(76)58(84)74-54(63(89)90)40-16-6-7-17-40/h3,8-10,13,18-20,23-24,28,36,39-40,44-51,53-54,78-79H,4-7,11-12,14-17,21-22,25-27,29-35,65H2,1-2H3,(H,69,83)(H,70,82)(H,71,81)(H,72,85)(H,73,80)(H,74,84)(H,89,90)(H4,66,67,68)/t44-,45+,46+,47-,48+,49+,50-,51+,53?,54?/m1/s1. The van der Waals surface area contributed by atoms with Gasteiger partial charge in [-0.15, -0.1) is 0 Å². The predicted molar refractivity (Wildman–Crippen MR) is 332 cm³/mol. The van der Waals surface area contributed by atoms with Crippen LogP contribution in [-0.2, 0) is 67.3 Å². The van der Waals surface area contributed by atoms with E-state index in [0.29, 0.717) is 38.5 Å². The van der Waals surface area contributed by atoms with Gasteiger partial charge in [-0.2, -0.15) is 0 Å². The van der Waals surface area contributed by atoms with Crippen LogP contribution in [0.3, 0.4) is 0 Å². The molecule has 3 aliphatic heterocycles. The number of aliphatic imine (C=N–C) groups is 1. The van der Waals surface area contributed by atoms with Crippen molar-refractivity contribution in [1.82, 2.24) is 46.6 Å². The Morgan fingerprint density at radius 1 is 0.656 bits per heavy atom. The van der Waals surface area contributed by atoms with E-state index in [9.17, 15) is 63.3 Å². The van der Waals surface area contributed by atoms with Gasteiger partial charge in [-0.3, -0.25) is 48.1 Å². The lowest BCUT2D eigenvalue weighted by molar-refractivity contribution is -0.148. The van der Waals surface area contributed by atoms with E-state index >= 15 is 0 Å². The molecule has 15 N–H and O–H groups in total. The third-order valence-electron chi connectivity index (χ3n) is 18.2. The maximum absolute atomic E-state index is 14.8. The monoisotopic (exact) mass is 1250 g/mol. The van der Waals surface area contributed by atoms with Crippen molar-refractivity contribution in [3.8, 4) is 0 Å². The van der Waals surface area contributed by atoms with E-state index in [2.05, 4.69) is 36.9 Å². The zero-order valence-corrected chi connectivity index (χ0v) is 51.4. The summed E-state index contributed by atoms with van der Waals surface area (Å²) >= 11 is 0. The van der Waals surface area contributed by atoms with Crippen molar-refractivity contribution >= 4 is 75.9 Å². The molecule has 0 aromatic heterocycles. The Morgan fingerprint density at radius 3 is 1.96 bits per heavy atom. The Kier molecular flexibility index (Phi) is 23.7. The summed E-state index contributed by atoms with van der Waals surface area (Å²) in [6.07, 6.45) is 5.32. The molecule has 488 valence electrons. The Bertz CT molecular complexity index is 3130. The molecule has 26 heteroatoms. The average Bonchev–Trinajstić information content (AvgIpc) is 1.93. The maximum Gasteiger partial charge on any atom is 0.326 e. The number of nitrogens with two attached hydrogens (primary N) is 3. The van der Waals surface area contributed by atoms with Crippen molar-refractivity contribution in [2.75, 3.05) is 32.8 Å². The highest BCUT2D eigenvalue weighted by Crippen LogP contribution is 2.32. The van der Waals surface area contributed by atoms with Crippen LogP contribution in [0, 0.1) is 17.8 Å². The zero-order valence-electron chi connectivity index (χ0n) is 51.4. The Hall–Kier alpha value is -8.23. The molecule has 3 heterocycles. The lowest BCUT2D eigenvalue weighted by Gasteiger charge is -2.38. The Balaban J connectivity index is 0.921. The van der Waals surface area contributed by atoms with E-state index in [1.807, 2.05) is 62.4 Å². The number of fused-ring (bicyclic) bond motifs is 2. The summed E-state index contributed by atoms with van der Waals surface area (Å²) in [5, 5.41) is 49.9. The number of guanidine groups is 1. The van der Waals surface area contributed by atoms with E-state index in [-0.39, 0.29) is 82.5 Å². The first kappa shape index (κ1) is 67.7. The van der Waals surface area contributed by atoms with Crippen LogP contribution in [0.5, 0.6) is 0 Å². The van der Waals surface area contributed by atoms with Crippen molar-refractivity contribution in [2.24, 2.45) is 39.9 Å². The second kappa shape index (κ2) is 31.5. The number of carboxylic acid groups (broad SMARTS) is 1. The molecule has 3 aromatic rings. The first-order chi connectivity index (χ1) is 43.1. The molecule has 2 unspecified atom stereocenters. The largest absolute Gasteiger partial charge is 0.480 e. The van der Waals surface area contributed by atoms with Gasteiger partial charge in [0.15, 0.2) is 5.96 Å². The second-order valence-electron chi connectivity index (χ2n) is 25.2. The third kappa shape index (κ3) is 17.4. The van der Waals surface area contributed by atoms with E-state index < -0.39 is 139 Å². The minimum Gasteiger partial charge on any atom is -0.480 e. The zero-order chi connectivity index (χ0) is 64.8. The van der Waals surface area contributed by atoms with Crippen LogP contribution in [0.25, 0.3) is 10.8 Å². The first-order valence-electron chi connectivity index (χ1n) is 31.7. The van der Waals surface area contributed by atoms with Gasteiger partial charge in [-0.1, -0.05) is 106 Å². The number of carbonyl (C=O) groups excluding carboxylic acids is 9. The van der Waals surface area contributed by atoms with E-state index in [4.69, 9.17) is 17.2 Å². The minimum atomic E-state index is -1.58. The lowest BCUT2D eigenvalue weighted by atomic mass is 9.91. The molecular formula is C64H89N13O13. The van der Waals surface area contributed by atoms with E-state index in [1.165, 1.54) is 14.7 Å². The molecule has 5 aliphatic rings. The Labute approximate surface area is 523 Å². The number of benzene rings is 3. The number of β-amino-alcohol motifs (C(OH)–C–C–N with tert-alkyl or cyclic N) is 1. The number of amides is 9. The number of nitrogens with zero attached hydrogens (tertiary/aromatic N) is 4. The van der Waals surface area contributed by atoms with Gasteiger partial charge in [0.05, 0.1) is 25.3 Å². The molecule has 2 saturated heterocycles. The molecule has 2 aliphatic carbocycles. The smallest absolute Gasteiger partial charge is 0.326 e. The molecule has 0 radical (unpaired) electrons. The summed E-state index contributed by atoms with van der Waals surface area (Å²) in [4.78, 5) is 149. The van der Waals surface area contributed by atoms with Crippen LogP contribution < -0.4 is 49.1 Å².